The van der Waals surface area contributed by atoms with Crippen molar-refractivity contribution in [2.45, 2.75) is 6.92 Å². The number of carbonyl (C=O) groups excluding carboxylic acids is 1. The van der Waals surface area contributed by atoms with Crippen LogP contribution in [0.5, 0.6) is 0 Å². The summed E-state index contributed by atoms with van der Waals surface area (Å²) in [6.45, 7) is 2.06. The van der Waals surface area contributed by atoms with Crippen molar-refractivity contribution < 1.29 is 4.79 Å². The molecule has 0 saturated heterocycles. The number of anilines is 1. The average molecular weight is 229 g/mol. The number of hydrogen-bond acceptors (Lipinski definition) is 2. The van der Waals surface area contributed by atoms with Gasteiger partial charge in [-0.3, -0.25) is 10.3 Å². The number of urea groups is 1. The molecule has 88 valence electrons. The Hall–Kier alpha value is -2.07. The van der Waals surface area contributed by atoms with Crippen molar-refractivity contribution in [3.8, 4) is 0 Å². The van der Waals surface area contributed by atoms with Gasteiger partial charge in [0.25, 0.3) is 0 Å². The number of nitrogens with zero attached hydrogens (tertiary/aromatic N) is 1. The zero-order valence-electron chi connectivity index (χ0n) is 9.90. The quantitative estimate of drug-likeness (QED) is 0.447. The van der Waals surface area contributed by atoms with E-state index in [4.69, 9.17) is 5.84 Å². The highest BCUT2D eigenvalue weighted by molar-refractivity contribution is 5.94. The number of nitrogens with two attached hydrogens (primary N) is 1. The maximum atomic E-state index is 11.4. The molecule has 0 aliphatic heterocycles. The van der Waals surface area contributed by atoms with Crippen molar-refractivity contribution >= 4 is 22.5 Å². The van der Waals surface area contributed by atoms with E-state index in [0.717, 1.165) is 16.5 Å². The Morgan fingerprint density at radius 3 is 2.53 bits per heavy atom. The van der Waals surface area contributed by atoms with E-state index in [2.05, 4.69) is 24.5 Å². The topological polar surface area (TPSA) is 58.4 Å². The molecule has 0 aromatic heterocycles. The standard InChI is InChI=1S/C13H15N3O/c1-9-3-4-11-8-12(6-5-10(11)7-9)16(2)13(17)15-14/h3-8H,14H2,1-2H3,(H,15,17). The second kappa shape index (κ2) is 4.43. The van der Waals surface area contributed by atoms with Crippen molar-refractivity contribution in [1.29, 1.82) is 0 Å². The van der Waals surface area contributed by atoms with Crippen LogP contribution in [-0.4, -0.2) is 13.1 Å². The summed E-state index contributed by atoms with van der Waals surface area (Å²) in [5.74, 6) is 5.10. The van der Waals surface area contributed by atoms with Crippen LogP contribution in [0.3, 0.4) is 0 Å². The van der Waals surface area contributed by atoms with Crippen molar-refractivity contribution in [3.05, 3.63) is 42.0 Å². The summed E-state index contributed by atoms with van der Waals surface area (Å²) in [6.07, 6.45) is 0. The number of aryl methyl sites for hydroxylation is 1. The van der Waals surface area contributed by atoms with Crippen LogP contribution < -0.4 is 16.2 Å². The smallest absolute Gasteiger partial charge is 0.296 e. The summed E-state index contributed by atoms with van der Waals surface area (Å²) < 4.78 is 0. The number of carbonyl (C=O) groups is 1. The molecule has 0 aliphatic carbocycles. The highest BCUT2D eigenvalue weighted by Crippen LogP contribution is 2.22. The average Bonchev–Trinajstić information content (AvgIpc) is 2.36. The van der Waals surface area contributed by atoms with Crippen LogP contribution in [0.15, 0.2) is 36.4 Å². The third kappa shape index (κ3) is 2.21. The minimum Gasteiger partial charge on any atom is -0.296 e. The Morgan fingerprint density at radius 2 is 1.82 bits per heavy atom. The van der Waals surface area contributed by atoms with Crippen molar-refractivity contribution in [2.75, 3.05) is 11.9 Å². The van der Waals surface area contributed by atoms with E-state index in [1.54, 1.807) is 7.05 Å². The van der Waals surface area contributed by atoms with Gasteiger partial charge < -0.3 is 0 Å². The number of benzene rings is 2. The number of hydrogen-bond donors (Lipinski definition) is 2. The summed E-state index contributed by atoms with van der Waals surface area (Å²) in [6, 6.07) is 11.7. The third-order valence-corrected chi connectivity index (χ3v) is 2.79. The molecule has 2 rings (SSSR count). The molecule has 0 atom stereocenters. The molecule has 0 spiro atoms. The predicted molar refractivity (Wildman–Crippen MR) is 69.8 cm³/mol. The maximum absolute atomic E-state index is 11.4. The SMILES string of the molecule is Cc1ccc2cc(N(C)C(=O)NN)ccc2c1. The summed E-state index contributed by atoms with van der Waals surface area (Å²) in [5.41, 5.74) is 4.14. The largest absolute Gasteiger partial charge is 0.335 e. The molecule has 17 heavy (non-hydrogen) atoms. The van der Waals surface area contributed by atoms with E-state index in [1.165, 1.54) is 10.5 Å². The van der Waals surface area contributed by atoms with Crippen molar-refractivity contribution in [3.63, 3.8) is 0 Å². The van der Waals surface area contributed by atoms with E-state index < -0.39 is 0 Å². The molecule has 0 radical (unpaired) electrons. The van der Waals surface area contributed by atoms with E-state index in [0.29, 0.717) is 0 Å². The molecule has 0 heterocycles. The minimum atomic E-state index is -0.337. The van der Waals surface area contributed by atoms with Crippen LogP contribution in [0.1, 0.15) is 5.56 Å². The summed E-state index contributed by atoms with van der Waals surface area (Å²) in [4.78, 5) is 12.9. The Bertz CT molecular complexity index is 566. The Kier molecular flexibility index (Phi) is 2.97. The third-order valence-electron chi connectivity index (χ3n) is 2.79. The molecule has 2 aromatic carbocycles. The van der Waals surface area contributed by atoms with Crippen molar-refractivity contribution in [1.82, 2.24) is 5.43 Å². The minimum absolute atomic E-state index is 0.337. The highest BCUT2D eigenvalue weighted by atomic mass is 16.2. The second-order valence-electron chi connectivity index (χ2n) is 4.04. The zero-order valence-corrected chi connectivity index (χ0v) is 9.90. The fourth-order valence-electron chi connectivity index (χ4n) is 1.78. The fraction of sp³-hybridized carbons (Fsp3) is 0.154. The summed E-state index contributed by atoms with van der Waals surface area (Å²) in [5, 5.41) is 2.26. The molecule has 4 nitrogen and oxygen atoms in total. The van der Waals surface area contributed by atoms with Gasteiger partial charge in [0, 0.05) is 12.7 Å². The molecule has 0 aliphatic rings. The first-order chi connectivity index (χ1) is 8.11. The molecule has 0 bridgehead atoms. The Balaban J connectivity index is 2.44. The molecule has 2 aromatic rings. The van der Waals surface area contributed by atoms with Gasteiger partial charge in [0.1, 0.15) is 0 Å². The van der Waals surface area contributed by atoms with Crippen LogP contribution in [0.25, 0.3) is 10.8 Å². The number of fused-ring (bicyclic) bond motifs is 1. The van der Waals surface area contributed by atoms with Gasteiger partial charge in [-0.15, -0.1) is 0 Å². The lowest BCUT2D eigenvalue weighted by Gasteiger charge is -2.16. The van der Waals surface area contributed by atoms with Crippen LogP contribution in [0.2, 0.25) is 0 Å². The van der Waals surface area contributed by atoms with Gasteiger partial charge >= 0.3 is 6.03 Å². The number of rotatable bonds is 1. The van der Waals surface area contributed by atoms with Gasteiger partial charge in [-0.2, -0.15) is 0 Å². The van der Waals surface area contributed by atoms with Gasteiger partial charge in [0.15, 0.2) is 0 Å². The fourth-order valence-corrected chi connectivity index (χ4v) is 1.78. The zero-order chi connectivity index (χ0) is 12.4. The summed E-state index contributed by atoms with van der Waals surface area (Å²) in [7, 11) is 1.68. The van der Waals surface area contributed by atoms with Gasteiger partial charge in [0.05, 0.1) is 0 Å². The van der Waals surface area contributed by atoms with Crippen LogP contribution >= 0.6 is 0 Å². The lowest BCUT2D eigenvalue weighted by Crippen LogP contribution is -2.41. The van der Waals surface area contributed by atoms with Crippen molar-refractivity contribution in [2.24, 2.45) is 5.84 Å². The number of amides is 2. The first-order valence-corrected chi connectivity index (χ1v) is 5.36. The van der Waals surface area contributed by atoms with E-state index in [-0.39, 0.29) is 6.03 Å². The van der Waals surface area contributed by atoms with Crippen LogP contribution in [-0.2, 0) is 0 Å². The number of hydrazine groups is 1. The monoisotopic (exact) mass is 229 g/mol. The van der Waals surface area contributed by atoms with E-state index in [9.17, 15) is 4.79 Å². The molecular formula is C13H15N3O. The van der Waals surface area contributed by atoms with Gasteiger partial charge in [-0.1, -0.05) is 29.8 Å². The first kappa shape index (κ1) is 11.4. The molecule has 4 heteroatoms. The molecule has 0 saturated carbocycles. The van der Waals surface area contributed by atoms with Gasteiger partial charge in [-0.05, 0) is 29.8 Å². The first-order valence-electron chi connectivity index (χ1n) is 5.36. The van der Waals surface area contributed by atoms with E-state index >= 15 is 0 Å². The Morgan fingerprint density at radius 1 is 1.18 bits per heavy atom. The lowest BCUT2D eigenvalue weighted by molar-refractivity contribution is 0.248. The molecular weight excluding hydrogens is 214 g/mol. The van der Waals surface area contributed by atoms with Crippen LogP contribution in [0.4, 0.5) is 10.5 Å². The molecule has 2 amide bonds. The normalized spacial score (nSPS) is 10.3. The predicted octanol–water partition coefficient (Wildman–Crippen LogP) is 2.17. The maximum Gasteiger partial charge on any atom is 0.335 e. The molecule has 0 unspecified atom stereocenters. The van der Waals surface area contributed by atoms with Gasteiger partial charge in [-0.25, -0.2) is 10.6 Å². The molecule has 0 fully saturated rings. The van der Waals surface area contributed by atoms with Gasteiger partial charge in [0.2, 0.25) is 0 Å². The molecule has 3 N–H and O–H groups in total. The lowest BCUT2D eigenvalue weighted by atomic mass is 10.1. The highest BCUT2D eigenvalue weighted by Gasteiger charge is 2.08. The Labute approximate surface area is 100.0 Å². The number of nitrogens with one attached hydrogen (secondary N) is 1. The summed E-state index contributed by atoms with van der Waals surface area (Å²) >= 11 is 0. The second-order valence-corrected chi connectivity index (χ2v) is 4.04. The van der Waals surface area contributed by atoms with Crippen LogP contribution in [0, 0.1) is 6.92 Å². The van der Waals surface area contributed by atoms with E-state index in [1.807, 2.05) is 24.3 Å².